The third kappa shape index (κ3) is 5.96. The lowest BCUT2D eigenvalue weighted by atomic mass is 10.1. The zero-order chi connectivity index (χ0) is 25.9. The number of hydrogen-bond donors (Lipinski definition) is 1. The molecule has 36 heavy (non-hydrogen) atoms. The third-order valence-corrected chi connectivity index (χ3v) is 7.90. The van der Waals surface area contributed by atoms with Gasteiger partial charge in [0.15, 0.2) is 0 Å². The zero-order valence-corrected chi connectivity index (χ0v) is 22.2. The number of benzene rings is 3. The first-order chi connectivity index (χ1) is 17.2. The number of amides is 1. The smallest absolute Gasteiger partial charge is 0.257 e. The van der Waals surface area contributed by atoms with Crippen LogP contribution in [0.25, 0.3) is 10.6 Å². The number of nitrogens with one attached hydrogen (secondary N) is 1. The van der Waals surface area contributed by atoms with E-state index in [1.165, 1.54) is 27.8 Å². The molecule has 1 aromatic heterocycles. The number of carbonyl (C=O) groups is 1. The molecule has 0 aliphatic heterocycles. The summed E-state index contributed by atoms with van der Waals surface area (Å²) >= 11 is 13.7. The fraction of sp³-hybridized carbons (Fsp3) is 0.125. The molecule has 1 amide bonds. The molecule has 1 heterocycles. The van der Waals surface area contributed by atoms with Crippen molar-refractivity contribution in [2.75, 3.05) is 23.0 Å². The SMILES string of the molecule is COc1ccc(-c2nnc(NC(=O)c3ccc(N(Cc4c(Cl)cccc4Cl)S(C)(=O)=O)cc3)s2)cc1. The number of sulfonamides is 1. The minimum atomic E-state index is -3.67. The van der Waals surface area contributed by atoms with Gasteiger partial charge in [0, 0.05) is 26.7 Å². The van der Waals surface area contributed by atoms with Gasteiger partial charge in [0.2, 0.25) is 15.2 Å². The Bertz CT molecular complexity index is 1470. The van der Waals surface area contributed by atoms with E-state index in [0.29, 0.717) is 37.0 Å². The maximum Gasteiger partial charge on any atom is 0.257 e. The molecule has 0 aliphatic carbocycles. The van der Waals surface area contributed by atoms with E-state index in [1.807, 2.05) is 24.3 Å². The van der Waals surface area contributed by atoms with Crippen molar-refractivity contribution >= 4 is 61.3 Å². The predicted octanol–water partition coefficient (Wildman–Crippen LogP) is 5.74. The second kappa shape index (κ2) is 10.8. The van der Waals surface area contributed by atoms with Crippen molar-refractivity contribution < 1.29 is 17.9 Å². The molecule has 0 aliphatic rings. The fourth-order valence-corrected chi connectivity index (χ4v) is 5.43. The standard InChI is InChI=1S/C24H20Cl2N4O4S2/c1-34-18-12-8-16(9-13-18)23-28-29-24(35-23)27-22(31)15-6-10-17(11-7-15)30(36(2,32)33)14-19-20(25)4-3-5-21(19)26/h3-13H,14H2,1-2H3,(H,27,29,31). The van der Waals surface area contributed by atoms with Gasteiger partial charge in [-0.15, -0.1) is 10.2 Å². The molecule has 4 aromatic rings. The van der Waals surface area contributed by atoms with Gasteiger partial charge in [0.25, 0.3) is 5.91 Å². The molecule has 12 heteroatoms. The van der Waals surface area contributed by atoms with Crippen LogP contribution >= 0.6 is 34.5 Å². The summed E-state index contributed by atoms with van der Waals surface area (Å²) in [5, 5.41) is 12.6. The minimum absolute atomic E-state index is 0.0538. The van der Waals surface area contributed by atoms with Gasteiger partial charge in [0.1, 0.15) is 10.8 Å². The zero-order valence-electron chi connectivity index (χ0n) is 19.1. The van der Waals surface area contributed by atoms with Crippen LogP contribution in [0.1, 0.15) is 15.9 Å². The van der Waals surface area contributed by atoms with Crippen LogP contribution in [0.4, 0.5) is 10.8 Å². The normalized spacial score (nSPS) is 11.2. The Morgan fingerprint density at radius 1 is 1.00 bits per heavy atom. The molecule has 1 N–H and O–H groups in total. The summed E-state index contributed by atoms with van der Waals surface area (Å²) in [6.45, 7) is -0.0538. The quantitative estimate of drug-likeness (QED) is 0.294. The summed E-state index contributed by atoms with van der Waals surface area (Å²) in [6.07, 6.45) is 1.09. The summed E-state index contributed by atoms with van der Waals surface area (Å²) in [4.78, 5) is 12.7. The number of carbonyl (C=O) groups excluding carboxylic acids is 1. The van der Waals surface area contributed by atoms with Gasteiger partial charge in [0.05, 0.1) is 25.6 Å². The minimum Gasteiger partial charge on any atom is -0.497 e. The van der Waals surface area contributed by atoms with Crippen LogP contribution in [-0.4, -0.2) is 37.9 Å². The highest BCUT2D eigenvalue weighted by Gasteiger charge is 2.21. The van der Waals surface area contributed by atoms with E-state index in [0.717, 1.165) is 17.6 Å². The van der Waals surface area contributed by atoms with E-state index < -0.39 is 15.9 Å². The van der Waals surface area contributed by atoms with Crippen molar-refractivity contribution in [3.8, 4) is 16.3 Å². The van der Waals surface area contributed by atoms with Gasteiger partial charge < -0.3 is 4.74 Å². The lowest BCUT2D eigenvalue weighted by molar-refractivity contribution is 0.102. The molecule has 4 rings (SSSR count). The predicted molar refractivity (Wildman–Crippen MR) is 144 cm³/mol. The van der Waals surface area contributed by atoms with Gasteiger partial charge in [-0.1, -0.05) is 40.6 Å². The van der Waals surface area contributed by atoms with Gasteiger partial charge in [-0.3, -0.25) is 14.4 Å². The largest absolute Gasteiger partial charge is 0.497 e. The maximum atomic E-state index is 12.7. The Morgan fingerprint density at radius 3 is 2.22 bits per heavy atom. The number of methoxy groups -OCH3 is 1. The molecular weight excluding hydrogens is 543 g/mol. The Hall–Kier alpha value is -3.18. The first kappa shape index (κ1) is 25.9. The van der Waals surface area contributed by atoms with Crippen LogP contribution in [-0.2, 0) is 16.6 Å². The molecule has 0 atom stereocenters. The number of rotatable bonds is 8. The van der Waals surface area contributed by atoms with Gasteiger partial charge >= 0.3 is 0 Å². The highest BCUT2D eigenvalue weighted by Crippen LogP contribution is 2.30. The van der Waals surface area contributed by atoms with E-state index in [9.17, 15) is 13.2 Å². The van der Waals surface area contributed by atoms with Crippen LogP contribution in [0.15, 0.2) is 66.7 Å². The van der Waals surface area contributed by atoms with Crippen molar-refractivity contribution in [3.63, 3.8) is 0 Å². The lowest BCUT2D eigenvalue weighted by Gasteiger charge is -2.23. The summed E-state index contributed by atoms with van der Waals surface area (Å²) < 4.78 is 31.4. The van der Waals surface area contributed by atoms with Crippen LogP contribution < -0.4 is 14.4 Å². The molecule has 0 bridgehead atoms. The molecule has 0 unspecified atom stereocenters. The molecule has 0 saturated carbocycles. The molecule has 0 radical (unpaired) electrons. The summed E-state index contributed by atoms with van der Waals surface area (Å²) in [7, 11) is -2.08. The van der Waals surface area contributed by atoms with Crippen LogP contribution in [0.5, 0.6) is 5.75 Å². The van der Waals surface area contributed by atoms with Crippen LogP contribution in [0.3, 0.4) is 0 Å². The average molecular weight is 563 g/mol. The highest BCUT2D eigenvalue weighted by molar-refractivity contribution is 7.92. The molecule has 8 nitrogen and oxygen atoms in total. The second-order valence-electron chi connectivity index (χ2n) is 7.61. The number of nitrogens with zero attached hydrogens (tertiary/aromatic N) is 3. The van der Waals surface area contributed by atoms with Crippen molar-refractivity contribution in [2.45, 2.75) is 6.54 Å². The number of hydrogen-bond acceptors (Lipinski definition) is 7. The van der Waals surface area contributed by atoms with E-state index in [2.05, 4.69) is 15.5 Å². The fourth-order valence-electron chi connectivity index (χ4n) is 3.30. The first-order valence-corrected chi connectivity index (χ1v) is 13.9. The molecule has 0 saturated heterocycles. The summed E-state index contributed by atoms with van der Waals surface area (Å²) in [5.41, 5.74) is 2.02. The molecule has 3 aromatic carbocycles. The van der Waals surface area contributed by atoms with Crippen molar-refractivity contribution in [1.82, 2.24) is 10.2 Å². The van der Waals surface area contributed by atoms with Gasteiger partial charge in [-0.25, -0.2) is 8.42 Å². The highest BCUT2D eigenvalue weighted by atomic mass is 35.5. The molecular formula is C24H20Cl2N4O4S2. The Kier molecular flexibility index (Phi) is 7.79. The molecule has 0 spiro atoms. The van der Waals surface area contributed by atoms with E-state index in [-0.39, 0.29) is 6.54 Å². The van der Waals surface area contributed by atoms with Gasteiger partial charge in [-0.2, -0.15) is 0 Å². The molecule has 0 fully saturated rings. The number of halogens is 2. The lowest BCUT2D eigenvalue weighted by Crippen LogP contribution is -2.29. The third-order valence-electron chi connectivity index (χ3n) is 5.16. The second-order valence-corrected chi connectivity index (χ2v) is 11.3. The number of anilines is 2. The Labute approximate surface area is 222 Å². The first-order valence-electron chi connectivity index (χ1n) is 10.5. The van der Waals surface area contributed by atoms with Crippen molar-refractivity contribution in [3.05, 3.63) is 87.9 Å². The topological polar surface area (TPSA) is 101 Å². The van der Waals surface area contributed by atoms with E-state index in [4.69, 9.17) is 27.9 Å². The van der Waals surface area contributed by atoms with E-state index in [1.54, 1.807) is 37.4 Å². The summed E-state index contributed by atoms with van der Waals surface area (Å²) in [5.74, 6) is 0.323. The van der Waals surface area contributed by atoms with Crippen LogP contribution in [0.2, 0.25) is 10.0 Å². The Morgan fingerprint density at radius 2 is 1.64 bits per heavy atom. The maximum absolute atomic E-state index is 12.7. The Balaban J connectivity index is 1.50. The average Bonchev–Trinajstić information content (AvgIpc) is 3.31. The summed E-state index contributed by atoms with van der Waals surface area (Å²) in [6, 6.07) is 18.5. The van der Waals surface area contributed by atoms with E-state index >= 15 is 0 Å². The van der Waals surface area contributed by atoms with Gasteiger partial charge in [-0.05, 0) is 60.7 Å². The number of aromatic nitrogens is 2. The van der Waals surface area contributed by atoms with Crippen molar-refractivity contribution in [2.24, 2.45) is 0 Å². The van der Waals surface area contributed by atoms with Crippen LogP contribution in [0, 0.1) is 0 Å². The number of ether oxygens (including phenoxy) is 1. The molecule has 186 valence electrons. The van der Waals surface area contributed by atoms with Crippen molar-refractivity contribution in [1.29, 1.82) is 0 Å². The monoisotopic (exact) mass is 562 g/mol.